The lowest BCUT2D eigenvalue weighted by Gasteiger charge is -2.11. The van der Waals surface area contributed by atoms with Crippen LogP contribution in [0.3, 0.4) is 0 Å². The van der Waals surface area contributed by atoms with E-state index in [0.717, 1.165) is 0 Å². The van der Waals surface area contributed by atoms with Crippen molar-refractivity contribution in [3.63, 3.8) is 0 Å². The molecule has 0 saturated carbocycles. The van der Waals surface area contributed by atoms with Gasteiger partial charge >= 0.3 is 0 Å². The molecule has 0 aliphatic carbocycles. The number of nitrogens with zero attached hydrogens (tertiary/aromatic N) is 2. The summed E-state index contributed by atoms with van der Waals surface area (Å²) < 4.78 is 11.4. The molecule has 5 rings (SSSR count). The standard InChI is InChI=1S/C24H13Cl3N4O3S/c25-14-7-6-12(23-30-21-18(34-23)5-2-10-28-21)11-16(14)29-24(35)31-22(32)19-9-8-17(33-19)13-3-1-4-15(26)20(13)27/h1-11H,(H2,29,31,32,35). The zero-order valence-electron chi connectivity index (χ0n) is 17.5. The van der Waals surface area contributed by atoms with Crippen molar-refractivity contribution in [1.29, 1.82) is 0 Å². The number of fused-ring (bicyclic) bond motifs is 1. The summed E-state index contributed by atoms with van der Waals surface area (Å²) in [5, 5.41) is 6.59. The van der Waals surface area contributed by atoms with E-state index in [-0.39, 0.29) is 10.9 Å². The lowest BCUT2D eigenvalue weighted by Crippen LogP contribution is -2.34. The van der Waals surface area contributed by atoms with Crippen molar-refractivity contribution in [3.8, 4) is 22.8 Å². The fourth-order valence-corrected chi connectivity index (χ4v) is 4.02. The summed E-state index contributed by atoms with van der Waals surface area (Å²) in [5.41, 5.74) is 2.73. The number of pyridine rings is 1. The Labute approximate surface area is 219 Å². The fourth-order valence-electron chi connectivity index (χ4n) is 3.26. The van der Waals surface area contributed by atoms with Crippen molar-refractivity contribution in [2.75, 3.05) is 5.32 Å². The Balaban J connectivity index is 1.30. The van der Waals surface area contributed by atoms with Crippen molar-refractivity contribution in [2.24, 2.45) is 0 Å². The Morgan fingerprint density at radius 1 is 0.943 bits per heavy atom. The second kappa shape index (κ2) is 9.67. The first-order valence-electron chi connectivity index (χ1n) is 10.1. The van der Waals surface area contributed by atoms with E-state index < -0.39 is 5.91 Å². The molecule has 2 aromatic carbocycles. The van der Waals surface area contributed by atoms with Crippen LogP contribution in [0.15, 0.2) is 75.7 Å². The van der Waals surface area contributed by atoms with Gasteiger partial charge in [0.1, 0.15) is 5.76 Å². The number of amides is 1. The van der Waals surface area contributed by atoms with E-state index in [0.29, 0.717) is 54.8 Å². The zero-order valence-corrected chi connectivity index (χ0v) is 20.6. The highest BCUT2D eigenvalue weighted by Gasteiger charge is 2.17. The van der Waals surface area contributed by atoms with Crippen LogP contribution in [0.4, 0.5) is 5.69 Å². The number of benzene rings is 2. The van der Waals surface area contributed by atoms with Gasteiger partial charge in [-0.3, -0.25) is 10.1 Å². The third-order valence-corrected chi connectivity index (χ3v) is 6.25. The van der Waals surface area contributed by atoms with Gasteiger partial charge in [0.25, 0.3) is 5.91 Å². The van der Waals surface area contributed by atoms with E-state index in [1.807, 2.05) is 0 Å². The third kappa shape index (κ3) is 4.87. The van der Waals surface area contributed by atoms with Crippen LogP contribution < -0.4 is 10.6 Å². The molecule has 5 aromatic rings. The van der Waals surface area contributed by atoms with Crippen LogP contribution in [0.1, 0.15) is 10.6 Å². The molecule has 0 unspecified atom stereocenters. The largest absolute Gasteiger partial charge is 0.451 e. The molecule has 174 valence electrons. The summed E-state index contributed by atoms with van der Waals surface area (Å²) in [6, 6.07) is 16.9. The molecule has 0 bridgehead atoms. The minimum absolute atomic E-state index is 0.0204. The molecule has 35 heavy (non-hydrogen) atoms. The van der Waals surface area contributed by atoms with E-state index in [1.54, 1.807) is 60.8 Å². The average Bonchev–Trinajstić information content (AvgIpc) is 3.50. The highest BCUT2D eigenvalue weighted by molar-refractivity contribution is 7.80. The van der Waals surface area contributed by atoms with E-state index >= 15 is 0 Å². The molecule has 7 nitrogen and oxygen atoms in total. The lowest BCUT2D eigenvalue weighted by atomic mass is 10.2. The number of aromatic nitrogens is 2. The zero-order chi connectivity index (χ0) is 24.5. The van der Waals surface area contributed by atoms with Crippen LogP contribution >= 0.6 is 47.0 Å². The predicted octanol–water partition coefficient (Wildman–Crippen LogP) is 7.24. The maximum atomic E-state index is 12.7. The molecule has 0 saturated heterocycles. The van der Waals surface area contributed by atoms with Gasteiger partial charge in [0.2, 0.25) is 5.89 Å². The van der Waals surface area contributed by atoms with E-state index in [2.05, 4.69) is 20.6 Å². The molecule has 1 amide bonds. The SMILES string of the molecule is O=C(NC(=S)Nc1cc(-c2nc3ncccc3o2)ccc1Cl)c1ccc(-c2cccc(Cl)c2Cl)o1. The van der Waals surface area contributed by atoms with E-state index in [4.69, 9.17) is 55.9 Å². The predicted molar refractivity (Wildman–Crippen MR) is 140 cm³/mol. The summed E-state index contributed by atoms with van der Waals surface area (Å²) in [5.74, 6) is 0.254. The monoisotopic (exact) mass is 542 g/mol. The van der Waals surface area contributed by atoms with Crippen LogP contribution in [0.2, 0.25) is 15.1 Å². The van der Waals surface area contributed by atoms with Crippen LogP contribution in [-0.4, -0.2) is 21.0 Å². The molecular formula is C24H13Cl3N4O3S. The fraction of sp³-hybridized carbons (Fsp3) is 0. The van der Waals surface area contributed by atoms with Crippen molar-refractivity contribution in [3.05, 3.63) is 87.7 Å². The number of anilines is 1. The summed E-state index contributed by atoms with van der Waals surface area (Å²) >= 11 is 23.9. The molecule has 0 aliphatic heterocycles. The minimum atomic E-state index is -0.552. The first kappa shape index (κ1) is 23.3. The Hall–Kier alpha value is -3.43. The number of halogens is 3. The van der Waals surface area contributed by atoms with Crippen molar-refractivity contribution in [2.45, 2.75) is 0 Å². The van der Waals surface area contributed by atoms with Gasteiger partial charge in [-0.1, -0.05) is 40.9 Å². The van der Waals surface area contributed by atoms with Gasteiger partial charge in [0, 0.05) is 17.3 Å². The number of nitrogens with one attached hydrogen (secondary N) is 2. The smallest absolute Gasteiger partial charge is 0.293 e. The Bertz CT molecular complexity index is 1570. The topological polar surface area (TPSA) is 93.2 Å². The molecule has 11 heteroatoms. The van der Waals surface area contributed by atoms with Gasteiger partial charge < -0.3 is 14.2 Å². The summed E-state index contributed by atoms with van der Waals surface area (Å²) in [7, 11) is 0. The van der Waals surface area contributed by atoms with E-state index in [1.165, 1.54) is 6.07 Å². The van der Waals surface area contributed by atoms with Gasteiger partial charge in [-0.25, -0.2) is 4.98 Å². The first-order chi connectivity index (χ1) is 16.9. The van der Waals surface area contributed by atoms with Crippen LogP contribution in [0.25, 0.3) is 34.0 Å². The number of hydrogen-bond donors (Lipinski definition) is 2. The Kier molecular flexibility index (Phi) is 6.44. The van der Waals surface area contributed by atoms with Crippen LogP contribution in [-0.2, 0) is 0 Å². The third-order valence-electron chi connectivity index (χ3n) is 4.90. The number of oxazole rings is 1. The minimum Gasteiger partial charge on any atom is -0.451 e. The maximum Gasteiger partial charge on any atom is 0.293 e. The molecule has 3 aromatic heterocycles. The van der Waals surface area contributed by atoms with Crippen molar-refractivity contribution >= 4 is 75.0 Å². The number of thiocarbonyl (C=S) groups is 1. The summed E-state index contributed by atoms with van der Waals surface area (Å²) in [6.45, 7) is 0. The molecule has 0 aliphatic rings. The van der Waals surface area contributed by atoms with Crippen LogP contribution in [0.5, 0.6) is 0 Å². The highest BCUT2D eigenvalue weighted by Crippen LogP contribution is 2.34. The molecule has 0 fully saturated rings. The quantitative estimate of drug-likeness (QED) is 0.231. The first-order valence-corrected chi connectivity index (χ1v) is 11.6. The van der Waals surface area contributed by atoms with Gasteiger partial charge in [-0.15, -0.1) is 0 Å². The summed E-state index contributed by atoms with van der Waals surface area (Å²) in [4.78, 5) is 21.2. The van der Waals surface area contributed by atoms with Gasteiger partial charge in [0.05, 0.1) is 20.8 Å². The summed E-state index contributed by atoms with van der Waals surface area (Å²) in [6.07, 6.45) is 1.64. The molecule has 3 heterocycles. The number of rotatable bonds is 4. The van der Waals surface area contributed by atoms with Gasteiger partial charge in [0.15, 0.2) is 22.1 Å². The van der Waals surface area contributed by atoms with Crippen LogP contribution in [0, 0.1) is 0 Å². The highest BCUT2D eigenvalue weighted by atomic mass is 35.5. The number of hydrogen-bond acceptors (Lipinski definition) is 6. The number of furan rings is 1. The maximum absolute atomic E-state index is 12.7. The van der Waals surface area contributed by atoms with Crippen molar-refractivity contribution in [1.82, 2.24) is 15.3 Å². The normalized spacial score (nSPS) is 10.9. The molecule has 2 N–H and O–H groups in total. The van der Waals surface area contributed by atoms with E-state index in [9.17, 15) is 4.79 Å². The molecule has 0 spiro atoms. The number of carbonyl (C=O) groups excluding carboxylic acids is 1. The van der Waals surface area contributed by atoms with Gasteiger partial charge in [-0.05, 0) is 66.8 Å². The lowest BCUT2D eigenvalue weighted by molar-refractivity contribution is 0.0951. The second-order valence-corrected chi connectivity index (χ2v) is 8.81. The Morgan fingerprint density at radius 2 is 1.80 bits per heavy atom. The second-order valence-electron chi connectivity index (χ2n) is 7.21. The molecule has 0 radical (unpaired) electrons. The average molecular weight is 544 g/mol. The molecular weight excluding hydrogens is 531 g/mol. The number of carbonyl (C=O) groups is 1. The molecule has 0 atom stereocenters. The van der Waals surface area contributed by atoms with Crippen molar-refractivity contribution < 1.29 is 13.6 Å². The van der Waals surface area contributed by atoms with Gasteiger partial charge in [-0.2, -0.15) is 4.98 Å². The Morgan fingerprint density at radius 3 is 2.63 bits per heavy atom.